The van der Waals surface area contributed by atoms with Gasteiger partial charge in [-0.1, -0.05) is 0 Å². The topological polar surface area (TPSA) is 47.3 Å². The summed E-state index contributed by atoms with van der Waals surface area (Å²) in [6.07, 6.45) is 3.43. The lowest BCUT2D eigenvalue weighted by atomic mass is 9.69. The van der Waals surface area contributed by atoms with Gasteiger partial charge >= 0.3 is 0 Å². The van der Waals surface area contributed by atoms with Gasteiger partial charge in [0, 0.05) is 13.6 Å². The fraction of sp³-hybridized carbons (Fsp3) is 0.833. The average Bonchev–Trinajstić information content (AvgIpc) is 2.16. The minimum Gasteiger partial charge on any atom is -0.344 e. The lowest BCUT2D eigenvalue weighted by Gasteiger charge is -2.36. The van der Waals surface area contributed by atoms with E-state index < -0.39 is 5.41 Å². The molecule has 0 atom stereocenters. The van der Waals surface area contributed by atoms with E-state index in [1.807, 2.05) is 14.1 Å². The SMILES string of the molecule is CN(C)CCCN(C)C(=O)C1(C#N)CCC1. The Labute approximate surface area is 97.8 Å². The van der Waals surface area contributed by atoms with E-state index in [1.54, 1.807) is 11.9 Å². The van der Waals surface area contributed by atoms with Crippen LogP contribution in [0, 0.1) is 16.7 Å². The van der Waals surface area contributed by atoms with Gasteiger partial charge in [-0.05, 0) is 46.3 Å². The Balaban J connectivity index is 2.39. The summed E-state index contributed by atoms with van der Waals surface area (Å²) in [5.74, 6) is 0.0139. The number of rotatable bonds is 5. The Hall–Kier alpha value is -1.08. The summed E-state index contributed by atoms with van der Waals surface area (Å²) < 4.78 is 0. The Morgan fingerprint density at radius 1 is 1.31 bits per heavy atom. The highest BCUT2D eigenvalue weighted by Crippen LogP contribution is 2.41. The molecule has 0 radical (unpaired) electrons. The maximum atomic E-state index is 12.0. The summed E-state index contributed by atoms with van der Waals surface area (Å²) in [7, 11) is 5.84. The largest absolute Gasteiger partial charge is 0.344 e. The second-order valence-electron chi connectivity index (χ2n) is 4.93. The van der Waals surface area contributed by atoms with Crippen molar-refractivity contribution in [1.29, 1.82) is 5.26 Å². The molecule has 1 saturated carbocycles. The minimum atomic E-state index is -0.688. The highest BCUT2D eigenvalue weighted by atomic mass is 16.2. The predicted molar refractivity (Wildman–Crippen MR) is 62.7 cm³/mol. The Bertz CT molecular complexity index is 289. The lowest BCUT2D eigenvalue weighted by Crippen LogP contribution is -2.46. The van der Waals surface area contributed by atoms with Gasteiger partial charge < -0.3 is 9.80 Å². The molecule has 1 aliphatic carbocycles. The molecular weight excluding hydrogens is 202 g/mol. The van der Waals surface area contributed by atoms with E-state index >= 15 is 0 Å². The number of carbonyl (C=O) groups excluding carboxylic acids is 1. The van der Waals surface area contributed by atoms with Crippen molar-refractivity contribution >= 4 is 5.91 Å². The predicted octanol–water partition coefficient (Wildman–Crippen LogP) is 1.09. The number of nitriles is 1. The first-order valence-electron chi connectivity index (χ1n) is 5.83. The van der Waals surface area contributed by atoms with E-state index in [1.165, 1.54) is 0 Å². The maximum Gasteiger partial charge on any atom is 0.242 e. The standard InChI is InChI=1S/C12H21N3O/c1-14(2)8-5-9-15(3)11(16)12(10-13)6-4-7-12/h4-9H2,1-3H3. The second kappa shape index (κ2) is 5.31. The van der Waals surface area contributed by atoms with Crippen molar-refractivity contribution in [2.75, 3.05) is 34.2 Å². The van der Waals surface area contributed by atoms with Crippen LogP contribution in [0.2, 0.25) is 0 Å². The van der Waals surface area contributed by atoms with Gasteiger partial charge in [-0.25, -0.2) is 0 Å². The molecule has 0 N–H and O–H groups in total. The Morgan fingerprint density at radius 2 is 1.94 bits per heavy atom. The van der Waals surface area contributed by atoms with Crippen LogP contribution in [0.4, 0.5) is 0 Å². The first-order chi connectivity index (χ1) is 7.52. The third kappa shape index (κ3) is 2.73. The van der Waals surface area contributed by atoms with Gasteiger partial charge in [-0.2, -0.15) is 5.26 Å². The van der Waals surface area contributed by atoms with Gasteiger partial charge in [0.1, 0.15) is 5.41 Å². The molecule has 0 saturated heterocycles. The van der Waals surface area contributed by atoms with Crippen LogP contribution in [0.15, 0.2) is 0 Å². The van der Waals surface area contributed by atoms with Crippen LogP contribution in [0.25, 0.3) is 0 Å². The fourth-order valence-corrected chi connectivity index (χ4v) is 1.99. The summed E-state index contributed by atoms with van der Waals surface area (Å²) >= 11 is 0. The number of nitrogens with zero attached hydrogens (tertiary/aromatic N) is 3. The first-order valence-corrected chi connectivity index (χ1v) is 5.83. The van der Waals surface area contributed by atoms with Gasteiger partial charge in [0.05, 0.1) is 6.07 Å². The van der Waals surface area contributed by atoms with E-state index in [2.05, 4.69) is 11.0 Å². The van der Waals surface area contributed by atoms with Gasteiger partial charge in [0.25, 0.3) is 0 Å². The summed E-state index contributed by atoms with van der Waals surface area (Å²) in [4.78, 5) is 15.9. The van der Waals surface area contributed by atoms with Crippen LogP contribution >= 0.6 is 0 Å². The van der Waals surface area contributed by atoms with Crippen LogP contribution in [0.1, 0.15) is 25.7 Å². The molecule has 1 rings (SSSR count). The van der Waals surface area contributed by atoms with Crippen molar-refractivity contribution in [2.45, 2.75) is 25.7 Å². The zero-order chi connectivity index (χ0) is 12.2. The molecule has 0 unspecified atom stereocenters. The van der Waals surface area contributed by atoms with Crippen molar-refractivity contribution in [3.05, 3.63) is 0 Å². The van der Waals surface area contributed by atoms with Gasteiger partial charge in [0.15, 0.2) is 0 Å². The number of hydrogen-bond acceptors (Lipinski definition) is 3. The van der Waals surface area contributed by atoms with Crippen molar-refractivity contribution in [3.63, 3.8) is 0 Å². The van der Waals surface area contributed by atoms with Crippen molar-refractivity contribution in [1.82, 2.24) is 9.80 Å². The zero-order valence-corrected chi connectivity index (χ0v) is 10.5. The molecule has 4 nitrogen and oxygen atoms in total. The quantitative estimate of drug-likeness (QED) is 0.701. The zero-order valence-electron chi connectivity index (χ0n) is 10.5. The van der Waals surface area contributed by atoms with Crippen molar-refractivity contribution < 1.29 is 4.79 Å². The van der Waals surface area contributed by atoms with Crippen molar-refractivity contribution in [2.24, 2.45) is 5.41 Å². The van der Waals surface area contributed by atoms with E-state index in [9.17, 15) is 4.79 Å². The van der Waals surface area contributed by atoms with E-state index in [0.717, 1.165) is 38.8 Å². The first kappa shape index (κ1) is 13.0. The third-order valence-corrected chi connectivity index (χ3v) is 3.28. The van der Waals surface area contributed by atoms with Crippen LogP contribution in [-0.4, -0.2) is 49.9 Å². The normalized spacial score (nSPS) is 17.7. The lowest BCUT2D eigenvalue weighted by molar-refractivity contribution is -0.141. The molecule has 1 amide bonds. The molecule has 0 aliphatic heterocycles. The summed E-state index contributed by atoms with van der Waals surface area (Å²) in [6.45, 7) is 1.71. The molecule has 0 aromatic carbocycles. The molecule has 16 heavy (non-hydrogen) atoms. The fourth-order valence-electron chi connectivity index (χ4n) is 1.99. The molecule has 1 fully saturated rings. The summed E-state index contributed by atoms with van der Waals surface area (Å²) in [5, 5.41) is 9.06. The molecule has 0 aromatic rings. The number of hydrogen-bond donors (Lipinski definition) is 0. The number of amides is 1. The molecule has 0 spiro atoms. The Morgan fingerprint density at radius 3 is 2.31 bits per heavy atom. The van der Waals surface area contributed by atoms with Gasteiger partial charge in [0.2, 0.25) is 5.91 Å². The summed E-state index contributed by atoms with van der Waals surface area (Å²) in [5.41, 5.74) is -0.688. The Kier molecular flexibility index (Phi) is 4.31. The highest BCUT2D eigenvalue weighted by Gasteiger charge is 2.45. The van der Waals surface area contributed by atoms with Crippen LogP contribution < -0.4 is 0 Å². The van der Waals surface area contributed by atoms with Gasteiger partial charge in [-0.3, -0.25) is 4.79 Å². The molecule has 0 bridgehead atoms. The van der Waals surface area contributed by atoms with Gasteiger partial charge in [-0.15, -0.1) is 0 Å². The average molecular weight is 223 g/mol. The van der Waals surface area contributed by atoms with Crippen LogP contribution in [0.3, 0.4) is 0 Å². The van der Waals surface area contributed by atoms with Crippen LogP contribution in [-0.2, 0) is 4.79 Å². The third-order valence-electron chi connectivity index (χ3n) is 3.28. The van der Waals surface area contributed by atoms with E-state index in [4.69, 9.17) is 5.26 Å². The van der Waals surface area contributed by atoms with Crippen LogP contribution in [0.5, 0.6) is 0 Å². The second-order valence-corrected chi connectivity index (χ2v) is 4.93. The van der Waals surface area contributed by atoms with E-state index in [-0.39, 0.29) is 5.91 Å². The summed E-state index contributed by atoms with van der Waals surface area (Å²) in [6, 6.07) is 2.19. The van der Waals surface area contributed by atoms with Crippen molar-refractivity contribution in [3.8, 4) is 6.07 Å². The molecule has 0 aromatic heterocycles. The minimum absolute atomic E-state index is 0.0139. The smallest absolute Gasteiger partial charge is 0.242 e. The monoisotopic (exact) mass is 223 g/mol. The van der Waals surface area contributed by atoms with E-state index in [0.29, 0.717) is 0 Å². The highest BCUT2D eigenvalue weighted by molar-refractivity contribution is 5.86. The molecular formula is C12H21N3O. The molecule has 90 valence electrons. The number of carbonyl (C=O) groups is 1. The molecule has 1 aliphatic rings. The maximum absolute atomic E-state index is 12.0. The molecule has 0 heterocycles. The molecule has 4 heteroatoms.